The smallest absolute Gasteiger partial charge is 0.170 e. The van der Waals surface area contributed by atoms with Gasteiger partial charge in [0.15, 0.2) is 0 Å². The average Bonchev–Trinajstić information content (AvgIpc) is 2.28. The van der Waals surface area contributed by atoms with E-state index < -0.39 is 23.8 Å². The molecule has 0 saturated heterocycles. The highest BCUT2D eigenvalue weighted by Crippen LogP contribution is 2.37. The fourth-order valence-electron chi connectivity index (χ4n) is 1.17. The number of benzene rings is 1. The lowest BCUT2D eigenvalue weighted by molar-refractivity contribution is -0.147. The largest absolute Gasteiger partial charge is 0.416 e. The van der Waals surface area contributed by atoms with E-state index in [0.717, 1.165) is 25.1 Å². The maximum absolute atomic E-state index is 12.3. The van der Waals surface area contributed by atoms with Crippen LogP contribution in [0.4, 0.5) is 26.3 Å². The summed E-state index contributed by atoms with van der Waals surface area (Å²) in [4.78, 5) is 0. The summed E-state index contributed by atoms with van der Waals surface area (Å²) in [5, 5.41) is 0. The van der Waals surface area contributed by atoms with Gasteiger partial charge in [0.2, 0.25) is 0 Å². The molecule has 0 amide bonds. The third-order valence-electron chi connectivity index (χ3n) is 2.20. The molecule has 0 bridgehead atoms. The first kappa shape index (κ1) is 16.4. The SMILES string of the molecule is C#C.CC(c1cccc(C(F)(F)F)c1)C(F)(F)F. The lowest BCUT2D eigenvalue weighted by atomic mass is 9.98. The van der Waals surface area contributed by atoms with Gasteiger partial charge in [0.05, 0.1) is 11.5 Å². The predicted octanol–water partition coefficient (Wildman–Crippen LogP) is 4.62. The zero-order chi connectivity index (χ0) is 14.6. The van der Waals surface area contributed by atoms with Gasteiger partial charge in [-0.05, 0) is 18.6 Å². The number of rotatable bonds is 1. The maximum Gasteiger partial charge on any atom is 0.416 e. The fraction of sp³-hybridized carbons (Fsp3) is 0.333. The number of hydrogen-bond donors (Lipinski definition) is 0. The van der Waals surface area contributed by atoms with Crippen molar-refractivity contribution in [3.8, 4) is 12.8 Å². The van der Waals surface area contributed by atoms with Crippen LogP contribution in [0.3, 0.4) is 0 Å². The van der Waals surface area contributed by atoms with E-state index in [2.05, 4.69) is 12.8 Å². The second-order valence-electron chi connectivity index (χ2n) is 3.39. The van der Waals surface area contributed by atoms with Crippen molar-refractivity contribution in [3.63, 3.8) is 0 Å². The van der Waals surface area contributed by atoms with Crippen molar-refractivity contribution >= 4 is 0 Å². The van der Waals surface area contributed by atoms with Gasteiger partial charge in [0, 0.05) is 0 Å². The molecule has 0 fully saturated rings. The first-order valence-electron chi connectivity index (χ1n) is 4.69. The fourth-order valence-corrected chi connectivity index (χ4v) is 1.17. The molecule has 1 unspecified atom stereocenters. The van der Waals surface area contributed by atoms with E-state index >= 15 is 0 Å². The zero-order valence-corrected chi connectivity index (χ0v) is 9.31. The molecule has 1 aromatic rings. The van der Waals surface area contributed by atoms with Crippen molar-refractivity contribution in [1.29, 1.82) is 0 Å². The monoisotopic (exact) mass is 268 g/mol. The molecule has 0 radical (unpaired) electrons. The Bertz CT molecular complexity index is 399. The quantitative estimate of drug-likeness (QED) is 0.515. The summed E-state index contributed by atoms with van der Waals surface area (Å²) in [5.74, 6) is -1.91. The Kier molecular flexibility index (Phi) is 5.28. The molecule has 0 aliphatic carbocycles. The molecule has 0 aliphatic heterocycles. The number of halogens is 6. The van der Waals surface area contributed by atoms with Crippen molar-refractivity contribution < 1.29 is 26.3 Å². The van der Waals surface area contributed by atoms with E-state index in [1.165, 1.54) is 0 Å². The highest BCUT2D eigenvalue weighted by Gasteiger charge is 2.38. The Hall–Kier alpha value is -1.64. The maximum atomic E-state index is 12.3. The minimum Gasteiger partial charge on any atom is -0.170 e. The summed E-state index contributed by atoms with van der Waals surface area (Å²) in [6, 6.07) is 3.28. The lowest BCUT2D eigenvalue weighted by Gasteiger charge is -2.17. The molecule has 6 heteroatoms. The molecule has 1 atom stereocenters. The van der Waals surface area contributed by atoms with E-state index in [4.69, 9.17) is 0 Å². The highest BCUT2D eigenvalue weighted by atomic mass is 19.4. The van der Waals surface area contributed by atoms with Gasteiger partial charge in [0.25, 0.3) is 0 Å². The summed E-state index contributed by atoms with van der Waals surface area (Å²) in [6.45, 7) is 0.829. The van der Waals surface area contributed by atoms with Crippen LogP contribution in [-0.4, -0.2) is 6.18 Å². The van der Waals surface area contributed by atoms with Crippen LogP contribution in [0.2, 0.25) is 0 Å². The zero-order valence-electron chi connectivity index (χ0n) is 9.31. The molecular weight excluding hydrogens is 258 g/mol. The van der Waals surface area contributed by atoms with Gasteiger partial charge < -0.3 is 0 Å². The normalized spacial score (nSPS) is 13.4. The van der Waals surface area contributed by atoms with E-state index in [9.17, 15) is 26.3 Å². The van der Waals surface area contributed by atoms with Crippen LogP contribution < -0.4 is 0 Å². The summed E-state index contributed by atoms with van der Waals surface area (Å²) in [7, 11) is 0. The second-order valence-corrected chi connectivity index (χ2v) is 3.39. The van der Waals surface area contributed by atoms with Crippen molar-refractivity contribution in [2.24, 2.45) is 0 Å². The first-order chi connectivity index (χ1) is 8.12. The molecule has 100 valence electrons. The first-order valence-corrected chi connectivity index (χ1v) is 4.69. The van der Waals surface area contributed by atoms with Crippen molar-refractivity contribution in [3.05, 3.63) is 35.4 Å². The van der Waals surface area contributed by atoms with E-state index in [0.29, 0.717) is 6.07 Å². The molecule has 0 saturated carbocycles. The topological polar surface area (TPSA) is 0 Å². The highest BCUT2D eigenvalue weighted by molar-refractivity contribution is 5.28. The number of hydrogen-bond acceptors (Lipinski definition) is 0. The second kappa shape index (κ2) is 5.80. The van der Waals surface area contributed by atoms with Crippen LogP contribution in [0.25, 0.3) is 0 Å². The van der Waals surface area contributed by atoms with Crippen LogP contribution in [0, 0.1) is 12.8 Å². The molecule has 1 rings (SSSR count). The Morgan fingerprint density at radius 1 is 1.00 bits per heavy atom. The van der Waals surface area contributed by atoms with Gasteiger partial charge in [-0.25, -0.2) is 0 Å². The van der Waals surface area contributed by atoms with Gasteiger partial charge in [-0.2, -0.15) is 26.3 Å². The Labute approximate surface area is 101 Å². The predicted molar refractivity (Wildman–Crippen MR) is 55.8 cm³/mol. The molecule has 0 aliphatic rings. The third kappa shape index (κ3) is 4.32. The van der Waals surface area contributed by atoms with Crippen molar-refractivity contribution in [2.75, 3.05) is 0 Å². The average molecular weight is 268 g/mol. The Balaban J connectivity index is 0.00000137. The van der Waals surface area contributed by atoms with Crippen LogP contribution in [0.1, 0.15) is 24.0 Å². The van der Waals surface area contributed by atoms with Crippen LogP contribution in [0.15, 0.2) is 24.3 Å². The summed E-state index contributed by atoms with van der Waals surface area (Å²) in [5.41, 5.74) is -1.46. The molecule has 0 heterocycles. The van der Waals surface area contributed by atoms with Gasteiger partial charge in [-0.3, -0.25) is 0 Å². The summed E-state index contributed by atoms with van der Waals surface area (Å²) < 4.78 is 73.6. The number of alkyl halides is 6. The molecule has 1 aromatic carbocycles. The third-order valence-corrected chi connectivity index (χ3v) is 2.20. The lowest BCUT2D eigenvalue weighted by Crippen LogP contribution is -2.18. The van der Waals surface area contributed by atoms with Crippen LogP contribution in [-0.2, 0) is 6.18 Å². The Morgan fingerprint density at radius 2 is 1.50 bits per heavy atom. The van der Waals surface area contributed by atoms with Gasteiger partial charge in [-0.15, -0.1) is 12.8 Å². The molecule has 0 spiro atoms. The van der Waals surface area contributed by atoms with E-state index in [-0.39, 0.29) is 5.56 Å². The van der Waals surface area contributed by atoms with E-state index in [1.807, 2.05) is 0 Å². The Morgan fingerprint density at radius 3 is 1.89 bits per heavy atom. The minimum atomic E-state index is -4.62. The molecule has 0 N–H and O–H groups in total. The standard InChI is InChI=1S/C10H8F6.C2H2/c1-6(9(11,12)13)7-3-2-4-8(5-7)10(14,15)16;1-2/h2-6H,1H3;1-2H. The van der Waals surface area contributed by atoms with Crippen LogP contribution >= 0.6 is 0 Å². The summed E-state index contributed by atoms with van der Waals surface area (Å²) in [6.07, 6.45) is -1.16. The van der Waals surface area contributed by atoms with E-state index in [1.54, 1.807) is 0 Å². The van der Waals surface area contributed by atoms with Gasteiger partial charge in [-0.1, -0.05) is 18.2 Å². The van der Waals surface area contributed by atoms with Gasteiger partial charge >= 0.3 is 12.4 Å². The molecule has 18 heavy (non-hydrogen) atoms. The van der Waals surface area contributed by atoms with Gasteiger partial charge in [0.1, 0.15) is 0 Å². The van der Waals surface area contributed by atoms with Crippen LogP contribution in [0.5, 0.6) is 0 Å². The van der Waals surface area contributed by atoms with Crippen molar-refractivity contribution in [2.45, 2.75) is 25.2 Å². The van der Waals surface area contributed by atoms with Crippen molar-refractivity contribution in [1.82, 2.24) is 0 Å². The molecule has 0 aromatic heterocycles. The molecule has 0 nitrogen and oxygen atoms in total. The minimum absolute atomic E-state index is 0.387. The summed E-state index contributed by atoms with van der Waals surface area (Å²) >= 11 is 0. The number of terminal acetylenes is 1. The molecular formula is C12H10F6.